The summed E-state index contributed by atoms with van der Waals surface area (Å²) in [7, 11) is 0. The molecule has 1 aromatic rings. The molecule has 0 fully saturated rings. The molecular weight excluding hydrogens is 252 g/mol. The van der Waals surface area contributed by atoms with Crippen molar-refractivity contribution in [2.45, 2.75) is 47.1 Å². The van der Waals surface area contributed by atoms with Gasteiger partial charge in [0.15, 0.2) is 0 Å². The maximum Gasteiger partial charge on any atom is 0.439 e. The highest BCUT2D eigenvalue weighted by molar-refractivity contribution is 5.81. The summed E-state index contributed by atoms with van der Waals surface area (Å²) in [6, 6.07) is 0.0727. The van der Waals surface area contributed by atoms with Gasteiger partial charge in [-0.3, -0.25) is 0 Å². The monoisotopic (exact) mass is 275 g/mol. The first-order chi connectivity index (χ1) is 9.45. The molecule has 5 nitrogen and oxygen atoms in total. The lowest BCUT2D eigenvalue weighted by atomic mass is 10.0. The number of aliphatic imine (C=N–C) groups is 1. The molecule has 1 atom stereocenters. The second kappa shape index (κ2) is 5.32. The zero-order chi connectivity index (χ0) is 14.9. The highest BCUT2D eigenvalue weighted by Gasteiger charge is 2.49. The van der Waals surface area contributed by atoms with Crippen LogP contribution in [0, 0.1) is 5.92 Å². The number of hydrogen-bond acceptors (Lipinski definition) is 3. The molecule has 2 heterocycles. The van der Waals surface area contributed by atoms with Crippen molar-refractivity contribution in [2.24, 2.45) is 10.9 Å². The fourth-order valence-corrected chi connectivity index (χ4v) is 2.88. The Hall–Kier alpha value is -1.75. The predicted molar refractivity (Wildman–Crippen MR) is 79.1 cm³/mol. The second-order valence-electron chi connectivity index (χ2n) is 5.71. The zero-order valence-corrected chi connectivity index (χ0v) is 12.9. The van der Waals surface area contributed by atoms with E-state index in [4.69, 9.17) is 0 Å². The molecule has 1 aromatic heterocycles. The molecule has 20 heavy (non-hydrogen) atoms. The minimum atomic E-state index is -0.0200. The van der Waals surface area contributed by atoms with Crippen LogP contribution in [0.4, 0.5) is 4.79 Å². The Morgan fingerprint density at radius 1 is 1.35 bits per heavy atom. The van der Waals surface area contributed by atoms with E-state index >= 15 is 0 Å². The first-order valence-corrected chi connectivity index (χ1v) is 7.15. The average Bonchev–Trinajstić information content (AvgIpc) is 3.05. The maximum absolute atomic E-state index is 13.0. The van der Waals surface area contributed by atoms with Gasteiger partial charge in [0.25, 0.3) is 0 Å². The van der Waals surface area contributed by atoms with Crippen LogP contribution in [0.2, 0.25) is 0 Å². The van der Waals surface area contributed by atoms with E-state index in [1.807, 2.05) is 0 Å². The first-order valence-electron chi connectivity index (χ1n) is 7.15. The van der Waals surface area contributed by atoms with Gasteiger partial charge in [-0.1, -0.05) is 20.8 Å². The van der Waals surface area contributed by atoms with Crippen molar-refractivity contribution >= 4 is 12.4 Å². The van der Waals surface area contributed by atoms with Gasteiger partial charge in [0.2, 0.25) is 6.34 Å². The SMILES string of the molecule is CCC1=C(C(C)C)[N+](C(=O)n2ccnc2)(C(C)C)C=N1. The van der Waals surface area contributed by atoms with Crippen LogP contribution in [0.5, 0.6) is 0 Å². The fourth-order valence-electron chi connectivity index (χ4n) is 2.88. The van der Waals surface area contributed by atoms with Crippen LogP contribution in [0.1, 0.15) is 41.0 Å². The molecule has 5 heteroatoms. The summed E-state index contributed by atoms with van der Waals surface area (Å²) in [4.78, 5) is 21.5. The van der Waals surface area contributed by atoms with Gasteiger partial charge < -0.3 is 0 Å². The van der Waals surface area contributed by atoms with Crippen LogP contribution in [0.25, 0.3) is 0 Å². The minimum absolute atomic E-state index is 0.0200. The summed E-state index contributed by atoms with van der Waals surface area (Å²) in [5.74, 6) is 0.266. The van der Waals surface area contributed by atoms with E-state index in [0.717, 1.165) is 17.8 Å². The Morgan fingerprint density at radius 2 is 2.05 bits per heavy atom. The van der Waals surface area contributed by atoms with Crippen molar-refractivity contribution in [1.82, 2.24) is 9.55 Å². The first kappa shape index (κ1) is 14.7. The van der Waals surface area contributed by atoms with Crippen molar-refractivity contribution < 1.29 is 9.28 Å². The van der Waals surface area contributed by atoms with Gasteiger partial charge in [0.05, 0.1) is 0 Å². The summed E-state index contributed by atoms with van der Waals surface area (Å²) in [5, 5.41) is 0. The third kappa shape index (κ3) is 2.02. The largest absolute Gasteiger partial charge is 0.439 e. The van der Waals surface area contributed by atoms with Crippen molar-refractivity contribution in [3.8, 4) is 0 Å². The molecule has 1 aliphatic rings. The molecule has 1 aliphatic heterocycles. The van der Waals surface area contributed by atoms with Gasteiger partial charge in [-0.15, -0.1) is 0 Å². The van der Waals surface area contributed by atoms with Crippen molar-refractivity contribution in [2.75, 3.05) is 0 Å². The summed E-state index contributed by atoms with van der Waals surface area (Å²) < 4.78 is 1.71. The quantitative estimate of drug-likeness (QED) is 0.794. The van der Waals surface area contributed by atoms with E-state index in [2.05, 4.69) is 44.6 Å². The van der Waals surface area contributed by atoms with Crippen LogP contribution in [0.3, 0.4) is 0 Å². The standard InChI is InChI=1S/C15H23N4O/c1-6-13-14(11(2)3)19(10-17-13,12(4)5)15(20)18-8-7-16-9-18/h7-12H,6H2,1-5H3/q+1. The van der Waals surface area contributed by atoms with Gasteiger partial charge in [-0.25, -0.2) is 19.3 Å². The summed E-state index contributed by atoms with van der Waals surface area (Å²) in [5.41, 5.74) is 2.13. The molecule has 0 aromatic carbocycles. The van der Waals surface area contributed by atoms with E-state index in [-0.39, 0.29) is 22.5 Å². The zero-order valence-electron chi connectivity index (χ0n) is 12.9. The van der Waals surface area contributed by atoms with Crippen molar-refractivity contribution in [1.29, 1.82) is 0 Å². The summed E-state index contributed by atoms with van der Waals surface area (Å²) in [6.45, 7) is 10.4. The maximum atomic E-state index is 13.0. The van der Waals surface area contributed by atoms with Gasteiger partial charge in [-0.2, -0.15) is 4.48 Å². The molecule has 108 valence electrons. The third-order valence-corrected chi connectivity index (χ3v) is 3.83. The molecule has 0 aliphatic carbocycles. The van der Waals surface area contributed by atoms with Crippen LogP contribution in [-0.2, 0) is 0 Å². The van der Waals surface area contributed by atoms with E-state index in [9.17, 15) is 4.79 Å². The van der Waals surface area contributed by atoms with Crippen molar-refractivity contribution in [3.63, 3.8) is 0 Å². The van der Waals surface area contributed by atoms with E-state index in [1.165, 1.54) is 0 Å². The smallest absolute Gasteiger partial charge is 0.245 e. The predicted octanol–water partition coefficient (Wildman–Crippen LogP) is 3.40. The Morgan fingerprint density at radius 3 is 2.50 bits per heavy atom. The number of allylic oxidation sites excluding steroid dienone is 2. The number of amides is 1. The van der Waals surface area contributed by atoms with E-state index in [0.29, 0.717) is 0 Å². The molecule has 0 saturated carbocycles. The Bertz CT molecular complexity index is 554. The number of rotatable bonds is 3. The van der Waals surface area contributed by atoms with Crippen molar-refractivity contribution in [3.05, 3.63) is 30.1 Å². The van der Waals surface area contributed by atoms with Crippen LogP contribution in [-0.4, -0.2) is 32.4 Å². The Kier molecular flexibility index (Phi) is 3.90. The summed E-state index contributed by atoms with van der Waals surface area (Å²) >= 11 is 0. The minimum Gasteiger partial charge on any atom is -0.245 e. The Labute approximate surface area is 120 Å². The molecule has 0 bridgehead atoms. The molecule has 2 rings (SSSR count). The number of carbonyl (C=O) groups is 1. The molecule has 0 N–H and O–H groups in total. The second-order valence-corrected chi connectivity index (χ2v) is 5.71. The van der Waals surface area contributed by atoms with Gasteiger partial charge >= 0.3 is 6.03 Å². The lowest BCUT2D eigenvalue weighted by molar-refractivity contribution is -0.737. The summed E-state index contributed by atoms with van der Waals surface area (Å²) in [6.07, 6.45) is 7.51. The lowest BCUT2D eigenvalue weighted by Crippen LogP contribution is -2.56. The highest BCUT2D eigenvalue weighted by atomic mass is 16.2. The number of imidazole rings is 1. The normalized spacial score (nSPS) is 22.4. The number of hydrogen-bond donors (Lipinski definition) is 0. The van der Waals surface area contributed by atoms with E-state index in [1.54, 1.807) is 29.6 Å². The van der Waals surface area contributed by atoms with E-state index < -0.39 is 0 Å². The van der Waals surface area contributed by atoms with Gasteiger partial charge in [0, 0.05) is 18.3 Å². The number of quaternary nitrogens is 1. The molecule has 0 saturated heterocycles. The number of nitrogens with zero attached hydrogens (tertiary/aromatic N) is 4. The van der Waals surface area contributed by atoms with Crippen LogP contribution in [0.15, 0.2) is 35.1 Å². The number of carbonyl (C=O) groups excluding carboxylic acids is 1. The van der Waals surface area contributed by atoms with Gasteiger partial charge in [-0.05, 0) is 20.3 Å². The number of aromatic nitrogens is 2. The molecular formula is C15H23N4O+. The third-order valence-electron chi connectivity index (χ3n) is 3.83. The molecule has 0 radical (unpaired) electrons. The van der Waals surface area contributed by atoms with Crippen LogP contribution >= 0.6 is 0 Å². The molecule has 0 spiro atoms. The van der Waals surface area contributed by atoms with Crippen LogP contribution < -0.4 is 0 Å². The topological polar surface area (TPSA) is 47.2 Å². The Balaban J connectivity index is 2.60. The van der Waals surface area contributed by atoms with Gasteiger partial charge in [0.1, 0.15) is 23.8 Å². The molecule has 1 amide bonds. The fraction of sp³-hybridized carbons (Fsp3) is 0.533. The highest BCUT2D eigenvalue weighted by Crippen LogP contribution is 2.36. The molecule has 1 unspecified atom stereocenters. The average molecular weight is 275 g/mol. The lowest BCUT2D eigenvalue weighted by Gasteiger charge is -2.35.